The maximum Gasteiger partial charge on any atom is 0.310 e. The minimum Gasteiger partial charge on any atom is -0.431 e. The fourth-order valence-electron chi connectivity index (χ4n) is 1.29. The average molecular weight is 184 g/mol. The summed E-state index contributed by atoms with van der Waals surface area (Å²) in [4.78, 5) is 11.2. The van der Waals surface area contributed by atoms with Crippen LogP contribution in [0.1, 0.15) is 32.1 Å². The van der Waals surface area contributed by atoms with Crippen molar-refractivity contribution in [3.8, 4) is 0 Å². The molecule has 1 rings (SSSR count). The Bertz CT molecular complexity index is 196. The van der Waals surface area contributed by atoms with E-state index < -0.39 is 0 Å². The van der Waals surface area contributed by atoms with E-state index in [0.29, 0.717) is 13.0 Å². The van der Waals surface area contributed by atoms with Gasteiger partial charge in [-0.05, 0) is 25.3 Å². The number of carbonyl (C=O) groups excluding carboxylic acids is 1. The Balaban J connectivity index is 2.10. The Morgan fingerprint density at radius 3 is 3.08 bits per heavy atom. The van der Waals surface area contributed by atoms with Gasteiger partial charge >= 0.3 is 5.97 Å². The number of methoxy groups -OCH3 is 1. The van der Waals surface area contributed by atoms with Gasteiger partial charge in [-0.3, -0.25) is 4.79 Å². The first-order chi connectivity index (χ1) is 6.33. The molecule has 0 heterocycles. The molecule has 0 aromatic rings. The number of ether oxygens (including phenoxy) is 2. The summed E-state index contributed by atoms with van der Waals surface area (Å²) >= 11 is 0. The minimum atomic E-state index is -0.134. The monoisotopic (exact) mass is 184 g/mol. The second kappa shape index (κ2) is 5.75. The first-order valence-electron chi connectivity index (χ1n) is 4.71. The first-order valence-corrected chi connectivity index (χ1v) is 4.71. The number of allylic oxidation sites excluding steroid dienone is 2. The molecule has 0 saturated carbocycles. The molecule has 0 fully saturated rings. The van der Waals surface area contributed by atoms with Gasteiger partial charge in [0.05, 0.1) is 0 Å². The third-order valence-corrected chi connectivity index (χ3v) is 1.97. The van der Waals surface area contributed by atoms with Crippen LogP contribution in [0.2, 0.25) is 0 Å². The molecule has 0 aliphatic heterocycles. The summed E-state index contributed by atoms with van der Waals surface area (Å²) in [5.74, 6) is 0.715. The molecule has 0 radical (unpaired) electrons. The van der Waals surface area contributed by atoms with E-state index in [0.717, 1.165) is 31.4 Å². The summed E-state index contributed by atoms with van der Waals surface area (Å²) in [5, 5.41) is 0. The van der Waals surface area contributed by atoms with Gasteiger partial charge in [0.25, 0.3) is 0 Å². The average Bonchev–Trinajstić information content (AvgIpc) is 2.57. The van der Waals surface area contributed by atoms with E-state index in [1.807, 2.05) is 6.08 Å². The van der Waals surface area contributed by atoms with Gasteiger partial charge in [-0.1, -0.05) is 0 Å². The summed E-state index contributed by atoms with van der Waals surface area (Å²) < 4.78 is 9.96. The van der Waals surface area contributed by atoms with E-state index in [2.05, 4.69) is 0 Å². The number of rotatable bonds is 5. The van der Waals surface area contributed by atoms with Crippen molar-refractivity contribution in [2.75, 3.05) is 13.7 Å². The van der Waals surface area contributed by atoms with Crippen LogP contribution >= 0.6 is 0 Å². The fourth-order valence-corrected chi connectivity index (χ4v) is 1.29. The molecule has 0 bridgehead atoms. The number of carbonyl (C=O) groups is 1. The van der Waals surface area contributed by atoms with E-state index in [1.165, 1.54) is 0 Å². The van der Waals surface area contributed by atoms with Crippen LogP contribution in [0, 0.1) is 0 Å². The van der Waals surface area contributed by atoms with E-state index in [4.69, 9.17) is 9.47 Å². The summed E-state index contributed by atoms with van der Waals surface area (Å²) in [6.07, 6.45) is 6.25. The lowest BCUT2D eigenvalue weighted by Crippen LogP contribution is -2.04. The Kier molecular flexibility index (Phi) is 4.54. The van der Waals surface area contributed by atoms with Crippen molar-refractivity contribution in [1.82, 2.24) is 0 Å². The second-order valence-electron chi connectivity index (χ2n) is 3.13. The SMILES string of the molecule is COCCCC(=O)OC1=CCCC1. The predicted octanol–water partition coefficient (Wildman–Crippen LogP) is 2.02. The highest BCUT2D eigenvalue weighted by molar-refractivity contribution is 5.70. The molecular weight excluding hydrogens is 168 g/mol. The summed E-state index contributed by atoms with van der Waals surface area (Å²) in [5.41, 5.74) is 0. The molecule has 3 heteroatoms. The van der Waals surface area contributed by atoms with E-state index in [1.54, 1.807) is 7.11 Å². The first kappa shape index (κ1) is 10.3. The number of hydrogen-bond donors (Lipinski definition) is 0. The van der Waals surface area contributed by atoms with Crippen molar-refractivity contribution in [3.05, 3.63) is 11.8 Å². The van der Waals surface area contributed by atoms with Crippen LogP contribution in [0.15, 0.2) is 11.8 Å². The van der Waals surface area contributed by atoms with Crippen LogP contribution < -0.4 is 0 Å². The topological polar surface area (TPSA) is 35.5 Å². The van der Waals surface area contributed by atoms with Gasteiger partial charge in [-0.25, -0.2) is 0 Å². The third-order valence-electron chi connectivity index (χ3n) is 1.97. The van der Waals surface area contributed by atoms with Gasteiger partial charge in [0.1, 0.15) is 5.76 Å². The van der Waals surface area contributed by atoms with Crippen LogP contribution in [0.3, 0.4) is 0 Å². The largest absolute Gasteiger partial charge is 0.431 e. The van der Waals surface area contributed by atoms with Crippen molar-refractivity contribution in [2.24, 2.45) is 0 Å². The lowest BCUT2D eigenvalue weighted by Gasteiger charge is -2.03. The summed E-state index contributed by atoms with van der Waals surface area (Å²) in [6.45, 7) is 0.619. The maximum atomic E-state index is 11.2. The van der Waals surface area contributed by atoms with E-state index in [-0.39, 0.29) is 5.97 Å². The molecule has 0 amide bonds. The van der Waals surface area contributed by atoms with Gasteiger partial charge in [0, 0.05) is 26.6 Å². The van der Waals surface area contributed by atoms with Gasteiger partial charge in [0.2, 0.25) is 0 Å². The zero-order valence-electron chi connectivity index (χ0n) is 8.04. The lowest BCUT2D eigenvalue weighted by atomic mass is 10.3. The molecule has 13 heavy (non-hydrogen) atoms. The minimum absolute atomic E-state index is 0.134. The highest BCUT2D eigenvalue weighted by atomic mass is 16.5. The molecule has 74 valence electrons. The highest BCUT2D eigenvalue weighted by Crippen LogP contribution is 2.18. The van der Waals surface area contributed by atoms with E-state index >= 15 is 0 Å². The standard InChI is InChI=1S/C10H16O3/c1-12-8-4-7-10(11)13-9-5-2-3-6-9/h5H,2-4,6-8H2,1H3. The van der Waals surface area contributed by atoms with Crippen LogP contribution in [0.4, 0.5) is 0 Å². The fraction of sp³-hybridized carbons (Fsp3) is 0.700. The Labute approximate surface area is 78.7 Å². The van der Waals surface area contributed by atoms with E-state index in [9.17, 15) is 4.79 Å². The molecule has 0 aromatic heterocycles. The number of hydrogen-bond acceptors (Lipinski definition) is 3. The highest BCUT2D eigenvalue weighted by Gasteiger charge is 2.10. The molecular formula is C10H16O3. The van der Waals surface area contributed by atoms with Crippen LogP contribution in [0.25, 0.3) is 0 Å². The van der Waals surface area contributed by atoms with Crippen molar-refractivity contribution >= 4 is 5.97 Å². The smallest absolute Gasteiger partial charge is 0.310 e. The summed E-state index contributed by atoms with van der Waals surface area (Å²) in [7, 11) is 1.63. The molecule has 0 aromatic carbocycles. The normalized spacial score (nSPS) is 15.6. The second-order valence-corrected chi connectivity index (χ2v) is 3.13. The van der Waals surface area contributed by atoms with Gasteiger partial charge in [0.15, 0.2) is 0 Å². The predicted molar refractivity (Wildman–Crippen MR) is 49.1 cm³/mol. The summed E-state index contributed by atoms with van der Waals surface area (Å²) in [6, 6.07) is 0. The van der Waals surface area contributed by atoms with Gasteiger partial charge in [-0.2, -0.15) is 0 Å². The number of esters is 1. The van der Waals surface area contributed by atoms with Crippen molar-refractivity contribution < 1.29 is 14.3 Å². The van der Waals surface area contributed by atoms with Gasteiger partial charge in [-0.15, -0.1) is 0 Å². The Morgan fingerprint density at radius 2 is 2.46 bits per heavy atom. The molecule has 0 N–H and O–H groups in total. The van der Waals surface area contributed by atoms with Crippen LogP contribution in [-0.2, 0) is 14.3 Å². The third kappa shape index (κ3) is 4.08. The van der Waals surface area contributed by atoms with Crippen LogP contribution in [-0.4, -0.2) is 19.7 Å². The molecule has 3 nitrogen and oxygen atoms in total. The van der Waals surface area contributed by atoms with Crippen molar-refractivity contribution in [1.29, 1.82) is 0 Å². The molecule has 0 spiro atoms. The Hall–Kier alpha value is -0.830. The quantitative estimate of drug-likeness (QED) is 0.484. The molecule has 0 atom stereocenters. The zero-order chi connectivity index (χ0) is 9.52. The molecule has 0 unspecified atom stereocenters. The van der Waals surface area contributed by atoms with Gasteiger partial charge < -0.3 is 9.47 Å². The zero-order valence-corrected chi connectivity index (χ0v) is 8.04. The lowest BCUT2D eigenvalue weighted by molar-refractivity contribution is -0.139. The van der Waals surface area contributed by atoms with Crippen molar-refractivity contribution in [3.63, 3.8) is 0 Å². The maximum absolute atomic E-state index is 11.2. The molecule has 0 saturated heterocycles. The van der Waals surface area contributed by atoms with Crippen LogP contribution in [0.5, 0.6) is 0 Å². The molecule has 1 aliphatic carbocycles. The molecule has 1 aliphatic rings. The Morgan fingerprint density at radius 1 is 1.62 bits per heavy atom. The van der Waals surface area contributed by atoms with Crippen molar-refractivity contribution in [2.45, 2.75) is 32.1 Å².